The van der Waals surface area contributed by atoms with Crippen molar-refractivity contribution >= 4 is 60.8 Å². The molecular formula is C50H82BaO8. The Morgan fingerprint density at radius 1 is 0.458 bits per heavy atom. The van der Waals surface area contributed by atoms with Gasteiger partial charge in [0.15, 0.2) is 0 Å². The van der Waals surface area contributed by atoms with Gasteiger partial charge in [0.25, 0.3) is 0 Å². The minimum absolute atomic E-state index is 0. The van der Waals surface area contributed by atoms with Gasteiger partial charge in [0, 0.05) is 11.9 Å². The molecule has 0 fully saturated rings. The second-order valence-electron chi connectivity index (χ2n) is 16.4. The smallest absolute Gasteiger partial charge is 0.550 e. The Kier molecular flexibility index (Phi) is 41.2. The molecule has 59 heavy (non-hydrogen) atoms. The summed E-state index contributed by atoms with van der Waals surface area (Å²) >= 11 is 0. The number of benzene rings is 2. The van der Waals surface area contributed by atoms with Gasteiger partial charge < -0.3 is 39.5 Å². The fourth-order valence-electron chi connectivity index (χ4n) is 7.26. The molecule has 0 aliphatic carbocycles. The molecule has 332 valence electrons. The summed E-state index contributed by atoms with van der Waals surface area (Å²) in [5, 5.41) is 41.3. The molecule has 0 bridgehead atoms. The van der Waals surface area contributed by atoms with E-state index in [-0.39, 0.29) is 86.1 Å². The zero-order valence-corrected chi connectivity index (χ0v) is 41.8. The number of rotatable bonds is 38. The second kappa shape index (κ2) is 42.1. The number of aliphatic hydroxyl groups excluding tert-OH is 2. The number of carboxylic acid groups (broad SMARTS) is 2. The molecule has 0 aliphatic heterocycles. The van der Waals surface area contributed by atoms with Crippen LogP contribution in [0.4, 0.5) is 0 Å². The molecule has 2 rings (SSSR count). The number of unbranched alkanes of at least 4 members (excludes halogenated alkanes) is 12. The predicted octanol–water partition coefficient (Wildman–Crippen LogP) is 9.95. The summed E-state index contributed by atoms with van der Waals surface area (Å²) in [7, 11) is 0. The molecule has 0 aromatic heterocycles. The summed E-state index contributed by atoms with van der Waals surface area (Å²) in [5.41, 5.74) is 2.30. The van der Waals surface area contributed by atoms with Crippen molar-refractivity contribution < 1.29 is 39.5 Å². The van der Waals surface area contributed by atoms with Crippen molar-refractivity contribution in [2.75, 3.05) is 0 Å². The van der Waals surface area contributed by atoms with Gasteiger partial charge in [-0.15, -0.1) is 0 Å². The van der Waals surface area contributed by atoms with Crippen molar-refractivity contribution in [2.24, 2.45) is 0 Å². The molecule has 4 atom stereocenters. The van der Waals surface area contributed by atoms with Crippen LogP contribution >= 0.6 is 0 Å². The standard InChI is InChI=1S/2C25H42O4.Ba/c2*1-2-3-8-16-23(26)17-11-5-4-6-12-18-24(19-13-20-25(27)28)29-21-22-14-9-7-10-15-22;/h2*7,9-10,14-15,23-24,26H,2-6,8,11-13,16-21H2,1H3,(H,27,28);/q;;+2/p-2. The number of aliphatic hydroxyl groups is 2. The van der Waals surface area contributed by atoms with Crippen molar-refractivity contribution in [1.29, 1.82) is 0 Å². The fourth-order valence-corrected chi connectivity index (χ4v) is 7.26. The Morgan fingerprint density at radius 3 is 1.07 bits per heavy atom. The number of hydrogen-bond acceptors (Lipinski definition) is 8. The zero-order chi connectivity index (χ0) is 42.3. The molecule has 9 heteroatoms. The van der Waals surface area contributed by atoms with Crippen LogP contribution in [0.15, 0.2) is 60.7 Å². The van der Waals surface area contributed by atoms with Gasteiger partial charge in [0.1, 0.15) is 0 Å². The van der Waals surface area contributed by atoms with Crippen LogP contribution in [0.1, 0.15) is 205 Å². The molecule has 8 nitrogen and oxygen atoms in total. The van der Waals surface area contributed by atoms with Gasteiger partial charge in [0.2, 0.25) is 0 Å². The van der Waals surface area contributed by atoms with Crippen LogP contribution < -0.4 is 10.2 Å². The van der Waals surface area contributed by atoms with E-state index in [4.69, 9.17) is 9.47 Å². The molecule has 0 heterocycles. The van der Waals surface area contributed by atoms with Gasteiger partial charge in [-0.1, -0.05) is 177 Å². The van der Waals surface area contributed by atoms with E-state index in [1.807, 2.05) is 36.4 Å². The van der Waals surface area contributed by atoms with Crippen molar-refractivity contribution in [1.82, 2.24) is 0 Å². The Bertz CT molecular complexity index is 1110. The monoisotopic (exact) mass is 949 g/mol. The van der Waals surface area contributed by atoms with E-state index in [1.54, 1.807) is 0 Å². The number of hydrogen-bond donors (Lipinski definition) is 2. The van der Waals surface area contributed by atoms with Crippen LogP contribution in [0.25, 0.3) is 0 Å². The van der Waals surface area contributed by atoms with Gasteiger partial charge in [-0.05, 0) is 88.2 Å². The van der Waals surface area contributed by atoms with E-state index in [9.17, 15) is 30.0 Å². The number of ether oxygens (including phenoxy) is 2. The molecule has 2 aromatic rings. The predicted molar refractivity (Wildman–Crippen MR) is 238 cm³/mol. The first kappa shape index (κ1) is 57.8. The summed E-state index contributed by atoms with van der Waals surface area (Å²) < 4.78 is 12.1. The van der Waals surface area contributed by atoms with Gasteiger partial charge in [-0.2, -0.15) is 0 Å². The van der Waals surface area contributed by atoms with Crippen molar-refractivity contribution in [3.63, 3.8) is 0 Å². The first-order valence-corrected chi connectivity index (χ1v) is 23.3. The first-order chi connectivity index (χ1) is 28.2. The molecule has 2 N–H and O–H groups in total. The summed E-state index contributed by atoms with van der Waals surface area (Å²) in [4.78, 5) is 21.3. The largest absolute Gasteiger partial charge is 2.00 e. The molecular weight excluding hydrogens is 866 g/mol. The maximum Gasteiger partial charge on any atom is 2.00 e. The number of aliphatic carboxylic acids is 2. The Morgan fingerprint density at radius 2 is 0.746 bits per heavy atom. The van der Waals surface area contributed by atoms with Crippen molar-refractivity contribution in [2.45, 2.75) is 231 Å². The third-order valence-electron chi connectivity index (χ3n) is 10.9. The van der Waals surface area contributed by atoms with Crippen LogP contribution in [0.2, 0.25) is 0 Å². The average Bonchev–Trinajstić information content (AvgIpc) is 3.21. The zero-order valence-electron chi connectivity index (χ0n) is 37.3. The molecule has 0 radical (unpaired) electrons. The topological polar surface area (TPSA) is 139 Å². The third kappa shape index (κ3) is 38.2. The van der Waals surface area contributed by atoms with E-state index in [2.05, 4.69) is 38.1 Å². The number of carbonyl (C=O) groups excluding carboxylic acids is 2. The van der Waals surface area contributed by atoms with Gasteiger partial charge >= 0.3 is 48.9 Å². The first-order valence-electron chi connectivity index (χ1n) is 23.3. The van der Waals surface area contributed by atoms with E-state index in [1.165, 1.54) is 51.4 Å². The van der Waals surface area contributed by atoms with Gasteiger partial charge in [-0.3, -0.25) is 0 Å². The summed E-state index contributed by atoms with van der Waals surface area (Å²) in [6, 6.07) is 20.2. The molecule has 0 saturated heterocycles. The van der Waals surface area contributed by atoms with Crippen molar-refractivity contribution in [3.05, 3.63) is 71.8 Å². The van der Waals surface area contributed by atoms with Gasteiger partial charge in [0.05, 0.1) is 37.6 Å². The van der Waals surface area contributed by atoms with Crippen molar-refractivity contribution in [3.8, 4) is 0 Å². The Labute approximate surface area is 400 Å². The average molecular weight is 949 g/mol. The van der Waals surface area contributed by atoms with E-state index >= 15 is 0 Å². The molecule has 0 spiro atoms. The van der Waals surface area contributed by atoms with Crippen LogP contribution in [0, 0.1) is 0 Å². The Balaban J connectivity index is 0.00000112. The molecule has 2 aromatic carbocycles. The van der Waals surface area contributed by atoms with Crippen LogP contribution in [-0.4, -0.2) is 95.4 Å². The Hall–Kier alpha value is -1.21. The van der Waals surface area contributed by atoms with E-state index in [0.717, 1.165) is 114 Å². The van der Waals surface area contributed by atoms with E-state index in [0.29, 0.717) is 26.1 Å². The quantitative estimate of drug-likeness (QED) is 0.0501. The van der Waals surface area contributed by atoms with E-state index < -0.39 is 11.9 Å². The maximum atomic E-state index is 10.7. The molecule has 0 amide bonds. The van der Waals surface area contributed by atoms with Crippen LogP contribution in [0.3, 0.4) is 0 Å². The minimum Gasteiger partial charge on any atom is -0.550 e. The normalized spacial score (nSPS) is 13.1. The number of carbonyl (C=O) groups is 2. The molecule has 0 saturated carbocycles. The molecule has 4 unspecified atom stereocenters. The second-order valence-corrected chi connectivity index (χ2v) is 16.4. The molecule has 0 aliphatic rings. The summed E-state index contributed by atoms with van der Waals surface area (Å²) in [6.07, 6.45) is 27.2. The number of carboxylic acids is 2. The summed E-state index contributed by atoms with van der Waals surface area (Å²) in [6.45, 7) is 5.53. The summed E-state index contributed by atoms with van der Waals surface area (Å²) in [5.74, 6) is -1.97. The SMILES string of the molecule is CCCCCC(O)CCCCCCCC(CCCC(=O)[O-])OCc1ccccc1.CCCCCC(O)CCCCCCCC(CCCC(=O)[O-])OCc1ccccc1.[Ba+2]. The maximum absolute atomic E-state index is 10.7. The minimum atomic E-state index is -0.983. The van der Waals surface area contributed by atoms with Gasteiger partial charge in [-0.25, -0.2) is 0 Å². The van der Waals surface area contributed by atoms with Crippen LogP contribution in [0.5, 0.6) is 0 Å². The third-order valence-corrected chi connectivity index (χ3v) is 10.9. The fraction of sp³-hybridized carbons (Fsp3) is 0.720. The van der Waals surface area contributed by atoms with Crippen LogP contribution in [-0.2, 0) is 32.3 Å².